The second-order valence-corrected chi connectivity index (χ2v) is 6.13. The minimum atomic E-state index is -0.168. The van der Waals surface area contributed by atoms with Gasteiger partial charge in [0.25, 0.3) is 0 Å². The second-order valence-electron chi connectivity index (χ2n) is 6.13. The van der Waals surface area contributed by atoms with E-state index in [0.717, 1.165) is 32.8 Å². The zero-order valence-corrected chi connectivity index (χ0v) is 12.3. The lowest BCUT2D eigenvalue weighted by molar-refractivity contribution is -0.0583. The molecule has 2 aliphatic heterocycles. The van der Waals surface area contributed by atoms with E-state index in [1.807, 2.05) is 12.1 Å². The molecule has 2 atom stereocenters. The first-order chi connectivity index (χ1) is 9.63. The molecular formula is C16H23FN2O. The molecule has 2 saturated heterocycles. The Kier molecular flexibility index (Phi) is 4.06. The van der Waals surface area contributed by atoms with Gasteiger partial charge in [-0.2, -0.15) is 0 Å². The van der Waals surface area contributed by atoms with Crippen molar-refractivity contribution in [2.45, 2.75) is 38.6 Å². The molecule has 3 rings (SSSR count). The van der Waals surface area contributed by atoms with Crippen molar-refractivity contribution in [2.24, 2.45) is 0 Å². The average molecular weight is 278 g/mol. The minimum absolute atomic E-state index is 0.168. The molecular weight excluding hydrogens is 255 g/mol. The van der Waals surface area contributed by atoms with Gasteiger partial charge in [-0.1, -0.05) is 12.1 Å². The maximum Gasteiger partial charge on any atom is 0.123 e. The number of ether oxygens (including phenoxy) is 1. The Labute approximate surface area is 120 Å². The first kappa shape index (κ1) is 14.0. The predicted molar refractivity (Wildman–Crippen MR) is 77.0 cm³/mol. The summed E-state index contributed by atoms with van der Waals surface area (Å²) in [6, 6.07) is 7.89. The highest BCUT2D eigenvalue weighted by Gasteiger charge is 2.40. The van der Waals surface area contributed by atoms with E-state index < -0.39 is 0 Å². The van der Waals surface area contributed by atoms with Gasteiger partial charge in [-0.15, -0.1) is 0 Å². The Hall–Kier alpha value is -0.970. The van der Waals surface area contributed by atoms with Gasteiger partial charge in [0.15, 0.2) is 0 Å². The molecule has 0 saturated carbocycles. The maximum atomic E-state index is 12.9. The summed E-state index contributed by atoms with van der Waals surface area (Å²) in [5.41, 5.74) is 1.17. The van der Waals surface area contributed by atoms with E-state index in [1.54, 1.807) is 0 Å². The molecule has 0 spiro atoms. The maximum absolute atomic E-state index is 12.9. The molecule has 0 bridgehead atoms. The van der Waals surface area contributed by atoms with Crippen LogP contribution in [0.3, 0.4) is 0 Å². The molecule has 1 aromatic rings. The Bertz CT molecular complexity index is 448. The summed E-state index contributed by atoms with van der Waals surface area (Å²) in [5, 5.41) is 0. The molecule has 0 unspecified atom stereocenters. The molecule has 0 aromatic heterocycles. The van der Waals surface area contributed by atoms with Crippen LogP contribution >= 0.6 is 0 Å². The number of rotatable bonds is 3. The lowest BCUT2D eigenvalue weighted by Crippen LogP contribution is -2.53. The van der Waals surface area contributed by atoms with E-state index in [9.17, 15) is 4.39 Å². The van der Waals surface area contributed by atoms with Crippen molar-refractivity contribution in [3.8, 4) is 0 Å². The quantitative estimate of drug-likeness (QED) is 0.842. The highest BCUT2D eigenvalue weighted by molar-refractivity contribution is 5.16. The van der Waals surface area contributed by atoms with Crippen LogP contribution in [0, 0.1) is 5.82 Å². The molecule has 0 radical (unpaired) electrons. The van der Waals surface area contributed by atoms with Crippen LogP contribution < -0.4 is 0 Å². The molecule has 0 amide bonds. The van der Waals surface area contributed by atoms with Gasteiger partial charge in [-0.3, -0.25) is 9.80 Å². The predicted octanol–water partition coefficient (Wildman–Crippen LogP) is 2.12. The Morgan fingerprint density at radius 2 is 2.00 bits per heavy atom. The van der Waals surface area contributed by atoms with Crippen molar-refractivity contribution < 1.29 is 9.13 Å². The summed E-state index contributed by atoms with van der Waals surface area (Å²) in [6.45, 7) is 9.27. The lowest BCUT2D eigenvalue weighted by Gasteiger charge is -2.39. The highest BCUT2D eigenvalue weighted by Crippen LogP contribution is 2.25. The Morgan fingerprint density at radius 3 is 2.70 bits per heavy atom. The fraction of sp³-hybridized carbons (Fsp3) is 0.625. The third-order valence-electron chi connectivity index (χ3n) is 4.40. The molecule has 2 aliphatic rings. The van der Waals surface area contributed by atoms with E-state index >= 15 is 0 Å². The van der Waals surface area contributed by atoms with Gasteiger partial charge >= 0.3 is 0 Å². The monoisotopic (exact) mass is 278 g/mol. The number of benzene rings is 1. The van der Waals surface area contributed by atoms with Crippen molar-refractivity contribution in [3.63, 3.8) is 0 Å². The van der Waals surface area contributed by atoms with Crippen molar-refractivity contribution in [3.05, 3.63) is 35.6 Å². The Morgan fingerprint density at radius 1 is 1.25 bits per heavy atom. The van der Waals surface area contributed by atoms with Gasteiger partial charge in [0.1, 0.15) is 5.82 Å². The highest BCUT2D eigenvalue weighted by atomic mass is 19.1. The van der Waals surface area contributed by atoms with E-state index in [1.165, 1.54) is 17.7 Å². The first-order valence-electron chi connectivity index (χ1n) is 7.47. The van der Waals surface area contributed by atoms with Gasteiger partial charge in [0, 0.05) is 32.2 Å². The standard InChI is InChI=1S/C16H23FN2O/c1-12(2)19-7-8-20-16-11-18(10-15(16)19)9-13-3-5-14(17)6-4-13/h3-6,12,15-16H,7-11H2,1-2H3/t15-,16+/m0/s1. The van der Waals surface area contributed by atoms with Crippen molar-refractivity contribution in [1.82, 2.24) is 9.80 Å². The van der Waals surface area contributed by atoms with Crippen molar-refractivity contribution >= 4 is 0 Å². The Balaban J connectivity index is 1.64. The van der Waals surface area contributed by atoms with Crippen LogP contribution in [0.25, 0.3) is 0 Å². The van der Waals surface area contributed by atoms with E-state index in [0.29, 0.717) is 18.2 Å². The number of morpholine rings is 1. The third kappa shape index (κ3) is 2.87. The van der Waals surface area contributed by atoms with E-state index in [4.69, 9.17) is 4.74 Å². The molecule has 0 aliphatic carbocycles. The normalized spacial score (nSPS) is 28.0. The van der Waals surface area contributed by atoms with Crippen LogP contribution in [0.2, 0.25) is 0 Å². The van der Waals surface area contributed by atoms with Crippen LogP contribution in [-0.4, -0.2) is 54.2 Å². The third-order valence-corrected chi connectivity index (χ3v) is 4.40. The largest absolute Gasteiger partial charge is 0.374 e. The van der Waals surface area contributed by atoms with Crippen LogP contribution in [0.15, 0.2) is 24.3 Å². The van der Waals surface area contributed by atoms with Crippen LogP contribution in [0.5, 0.6) is 0 Å². The van der Waals surface area contributed by atoms with Crippen LogP contribution in [0.4, 0.5) is 4.39 Å². The zero-order chi connectivity index (χ0) is 14.1. The van der Waals surface area contributed by atoms with Crippen LogP contribution in [-0.2, 0) is 11.3 Å². The average Bonchev–Trinajstić information content (AvgIpc) is 2.83. The molecule has 110 valence electrons. The van der Waals surface area contributed by atoms with Gasteiger partial charge < -0.3 is 4.74 Å². The van der Waals surface area contributed by atoms with E-state index in [-0.39, 0.29) is 5.82 Å². The lowest BCUT2D eigenvalue weighted by atomic mass is 10.1. The number of fused-ring (bicyclic) bond motifs is 1. The number of hydrogen-bond donors (Lipinski definition) is 0. The summed E-state index contributed by atoms with van der Waals surface area (Å²) in [6.07, 6.45) is 0.326. The van der Waals surface area contributed by atoms with Gasteiger partial charge in [-0.05, 0) is 31.5 Å². The molecule has 3 nitrogen and oxygen atoms in total. The van der Waals surface area contributed by atoms with Crippen LogP contribution in [0.1, 0.15) is 19.4 Å². The van der Waals surface area contributed by atoms with Gasteiger partial charge in [-0.25, -0.2) is 4.39 Å². The number of halogens is 1. The fourth-order valence-corrected chi connectivity index (χ4v) is 3.41. The summed E-state index contributed by atoms with van der Waals surface area (Å²) in [5.74, 6) is -0.168. The topological polar surface area (TPSA) is 15.7 Å². The molecule has 20 heavy (non-hydrogen) atoms. The minimum Gasteiger partial charge on any atom is -0.374 e. The molecule has 1 aromatic carbocycles. The first-order valence-corrected chi connectivity index (χ1v) is 7.47. The zero-order valence-electron chi connectivity index (χ0n) is 12.3. The summed E-state index contributed by atoms with van der Waals surface area (Å²) in [7, 11) is 0. The fourth-order valence-electron chi connectivity index (χ4n) is 3.41. The number of nitrogens with zero attached hydrogens (tertiary/aromatic N) is 2. The van der Waals surface area contributed by atoms with Gasteiger partial charge in [0.2, 0.25) is 0 Å². The number of hydrogen-bond acceptors (Lipinski definition) is 3. The van der Waals surface area contributed by atoms with Crippen molar-refractivity contribution in [2.75, 3.05) is 26.2 Å². The molecule has 0 N–H and O–H groups in total. The van der Waals surface area contributed by atoms with E-state index in [2.05, 4.69) is 23.6 Å². The molecule has 4 heteroatoms. The molecule has 2 fully saturated rings. The summed E-state index contributed by atoms with van der Waals surface area (Å²) >= 11 is 0. The summed E-state index contributed by atoms with van der Waals surface area (Å²) < 4.78 is 18.9. The summed E-state index contributed by atoms with van der Waals surface area (Å²) in [4.78, 5) is 4.97. The number of likely N-dealkylation sites (tertiary alicyclic amines) is 1. The SMILES string of the molecule is CC(C)N1CCO[C@@H]2CN(Cc3ccc(F)cc3)C[C@@H]21. The molecule has 2 heterocycles. The van der Waals surface area contributed by atoms with Crippen molar-refractivity contribution in [1.29, 1.82) is 0 Å². The second kappa shape index (κ2) is 5.80. The van der Waals surface area contributed by atoms with Gasteiger partial charge in [0.05, 0.1) is 18.8 Å². The smallest absolute Gasteiger partial charge is 0.123 e.